The van der Waals surface area contributed by atoms with Crippen molar-refractivity contribution >= 4 is 33.4 Å². The molecule has 0 atom stereocenters. The van der Waals surface area contributed by atoms with Gasteiger partial charge in [0.1, 0.15) is 16.8 Å². The van der Waals surface area contributed by atoms with Gasteiger partial charge in [0.2, 0.25) is 0 Å². The number of nitrogens with zero attached hydrogens (tertiary/aromatic N) is 3. The number of benzene rings is 4. The molecular formula is C25H20N4O2. The molecule has 5 aromatic rings. The second-order valence-electron chi connectivity index (χ2n) is 7.11. The van der Waals surface area contributed by atoms with E-state index in [0.29, 0.717) is 29.1 Å². The van der Waals surface area contributed by atoms with Gasteiger partial charge in [-0.1, -0.05) is 42.5 Å². The Kier molecular flexibility index (Phi) is 4.80. The van der Waals surface area contributed by atoms with Crippen molar-refractivity contribution in [3.63, 3.8) is 0 Å². The molecule has 4 aromatic carbocycles. The fourth-order valence-electron chi connectivity index (χ4n) is 3.58. The summed E-state index contributed by atoms with van der Waals surface area (Å²) in [6, 6.07) is 26.8. The number of amides is 1. The third kappa shape index (κ3) is 3.71. The van der Waals surface area contributed by atoms with Gasteiger partial charge in [-0.15, -0.1) is 15.0 Å². The summed E-state index contributed by atoms with van der Waals surface area (Å²) in [5, 5.41) is 14.4. The van der Waals surface area contributed by atoms with Crippen LogP contribution >= 0.6 is 0 Å². The molecule has 0 spiro atoms. The second-order valence-corrected chi connectivity index (χ2v) is 7.11. The molecule has 0 bridgehead atoms. The first kappa shape index (κ1) is 18.8. The molecule has 5 rings (SSSR count). The molecular weight excluding hydrogens is 388 g/mol. The lowest BCUT2D eigenvalue weighted by Crippen LogP contribution is -2.11. The van der Waals surface area contributed by atoms with Crippen LogP contribution in [0.2, 0.25) is 0 Å². The largest absolute Gasteiger partial charge is 0.494 e. The molecule has 1 amide bonds. The van der Waals surface area contributed by atoms with Gasteiger partial charge >= 0.3 is 0 Å². The Morgan fingerprint density at radius 3 is 2.61 bits per heavy atom. The highest BCUT2D eigenvalue weighted by atomic mass is 16.5. The molecule has 0 aliphatic rings. The first-order valence-electron chi connectivity index (χ1n) is 10.1. The maximum atomic E-state index is 12.7. The van der Waals surface area contributed by atoms with Crippen molar-refractivity contribution < 1.29 is 9.53 Å². The van der Waals surface area contributed by atoms with Gasteiger partial charge in [0.05, 0.1) is 12.3 Å². The van der Waals surface area contributed by atoms with Crippen molar-refractivity contribution in [2.24, 2.45) is 0 Å². The van der Waals surface area contributed by atoms with Gasteiger partial charge < -0.3 is 10.1 Å². The van der Waals surface area contributed by atoms with Crippen LogP contribution in [0.4, 0.5) is 5.69 Å². The summed E-state index contributed by atoms with van der Waals surface area (Å²) in [6.45, 7) is 2.46. The number of hydrogen-bond donors (Lipinski definition) is 1. The van der Waals surface area contributed by atoms with Crippen LogP contribution in [0.3, 0.4) is 0 Å². The predicted octanol–water partition coefficient (Wildman–Crippen LogP) is 5.22. The van der Waals surface area contributed by atoms with Crippen molar-refractivity contribution in [1.82, 2.24) is 15.0 Å². The zero-order valence-electron chi connectivity index (χ0n) is 16.9. The Labute approximate surface area is 179 Å². The summed E-state index contributed by atoms with van der Waals surface area (Å²) in [5.74, 6) is 0.464. The molecule has 152 valence electrons. The van der Waals surface area contributed by atoms with Gasteiger partial charge in [-0.2, -0.15) is 0 Å². The smallest absolute Gasteiger partial charge is 0.255 e. The van der Waals surface area contributed by atoms with Crippen LogP contribution in [0.15, 0.2) is 84.9 Å². The van der Waals surface area contributed by atoms with Gasteiger partial charge in [0, 0.05) is 16.6 Å². The van der Waals surface area contributed by atoms with Crippen LogP contribution in [-0.2, 0) is 0 Å². The van der Waals surface area contributed by atoms with Crippen molar-refractivity contribution in [1.29, 1.82) is 0 Å². The molecule has 0 unspecified atom stereocenters. The van der Waals surface area contributed by atoms with Crippen molar-refractivity contribution in [2.75, 3.05) is 11.9 Å². The first-order valence-corrected chi connectivity index (χ1v) is 10.1. The van der Waals surface area contributed by atoms with E-state index >= 15 is 0 Å². The van der Waals surface area contributed by atoms with Gasteiger partial charge in [0.15, 0.2) is 0 Å². The summed E-state index contributed by atoms with van der Waals surface area (Å²) in [5.41, 5.74) is 3.56. The van der Waals surface area contributed by atoms with Gasteiger partial charge in [-0.05, 0) is 54.8 Å². The van der Waals surface area contributed by atoms with Crippen LogP contribution in [0.5, 0.6) is 5.75 Å². The van der Waals surface area contributed by atoms with E-state index in [1.165, 1.54) is 0 Å². The molecule has 6 nitrogen and oxygen atoms in total. The maximum Gasteiger partial charge on any atom is 0.255 e. The maximum absolute atomic E-state index is 12.7. The summed E-state index contributed by atoms with van der Waals surface area (Å²) >= 11 is 0. The summed E-state index contributed by atoms with van der Waals surface area (Å²) in [6.07, 6.45) is 0. The van der Waals surface area contributed by atoms with Crippen molar-refractivity contribution in [3.05, 3.63) is 90.5 Å². The van der Waals surface area contributed by atoms with E-state index in [0.717, 1.165) is 22.0 Å². The van der Waals surface area contributed by atoms with E-state index in [1.54, 1.807) is 23.0 Å². The number of rotatable bonds is 5. The first-order chi connectivity index (χ1) is 15.2. The molecule has 0 aliphatic carbocycles. The number of aromatic nitrogens is 3. The summed E-state index contributed by atoms with van der Waals surface area (Å²) in [4.78, 5) is 14.3. The second kappa shape index (κ2) is 7.91. The number of fused-ring (bicyclic) bond motifs is 2. The molecule has 31 heavy (non-hydrogen) atoms. The van der Waals surface area contributed by atoms with E-state index < -0.39 is 0 Å². The average molecular weight is 408 g/mol. The molecule has 0 saturated carbocycles. The Morgan fingerprint density at radius 1 is 0.903 bits per heavy atom. The Hall–Kier alpha value is -4.19. The number of nitrogens with one attached hydrogen (secondary N) is 1. The molecule has 1 heterocycles. The molecule has 0 radical (unpaired) electrons. The van der Waals surface area contributed by atoms with Crippen molar-refractivity contribution in [3.8, 4) is 11.4 Å². The normalized spacial score (nSPS) is 11.0. The third-order valence-corrected chi connectivity index (χ3v) is 5.03. The predicted molar refractivity (Wildman–Crippen MR) is 122 cm³/mol. The minimum atomic E-state index is -0.206. The topological polar surface area (TPSA) is 69.0 Å². The number of carbonyl (C=O) groups excluding carboxylic acids is 1. The fourth-order valence-corrected chi connectivity index (χ4v) is 3.58. The monoisotopic (exact) mass is 408 g/mol. The molecule has 0 saturated heterocycles. The zero-order chi connectivity index (χ0) is 21.2. The highest BCUT2D eigenvalue weighted by Gasteiger charge is 2.11. The quantitative estimate of drug-likeness (QED) is 0.433. The highest BCUT2D eigenvalue weighted by Crippen LogP contribution is 2.24. The van der Waals surface area contributed by atoms with Gasteiger partial charge in [-0.25, -0.2) is 0 Å². The zero-order valence-corrected chi connectivity index (χ0v) is 16.9. The van der Waals surface area contributed by atoms with Crippen LogP contribution in [0, 0.1) is 0 Å². The molecule has 1 aromatic heterocycles. The summed E-state index contributed by atoms with van der Waals surface area (Å²) < 4.78 is 5.48. The number of ether oxygens (including phenoxy) is 1. The third-order valence-electron chi connectivity index (χ3n) is 5.03. The van der Waals surface area contributed by atoms with E-state index in [1.807, 2.05) is 55.5 Å². The molecule has 6 heteroatoms. The minimum absolute atomic E-state index is 0.206. The number of hydrogen-bond acceptors (Lipinski definition) is 4. The summed E-state index contributed by atoms with van der Waals surface area (Å²) in [7, 11) is 0. The number of anilines is 1. The Balaban J connectivity index is 1.45. The standard InChI is InChI=1S/C25H20N4O2/c1-2-31-20-10-5-9-18(15-20)25(30)26-19-13-14-22-23(16-19)28-29(27-22)24-12-6-8-17-7-3-4-11-21(17)24/h3-16H,2H2,1H3,(H,26,30). The van der Waals surface area contributed by atoms with E-state index in [9.17, 15) is 4.79 Å². The highest BCUT2D eigenvalue weighted by molar-refractivity contribution is 6.05. The van der Waals surface area contributed by atoms with Crippen LogP contribution in [0.1, 0.15) is 17.3 Å². The lowest BCUT2D eigenvalue weighted by Gasteiger charge is -2.07. The molecule has 0 aliphatic heterocycles. The van der Waals surface area contributed by atoms with E-state index in [2.05, 4.69) is 33.7 Å². The lowest BCUT2D eigenvalue weighted by molar-refractivity contribution is 0.102. The van der Waals surface area contributed by atoms with Crippen LogP contribution in [-0.4, -0.2) is 27.5 Å². The number of carbonyl (C=O) groups is 1. The Bertz CT molecular complexity index is 1400. The molecule has 1 N–H and O–H groups in total. The van der Waals surface area contributed by atoms with Crippen LogP contribution in [0.25, 0.3) is 27.5 Å². The van der Waals surface area contributed by atoms with Gasteiger partial charge in [0.25, 0.3) is 5.91 Å². The fraction of sp³-hybridized carbons (Fsp3) is 0.0800. The lowest BCUT2D eigenvalue weighted by atomic mass is 10.1. The van der Waals surface area contributed by atoms with Crippen LogP contribution < -0.4 is 10.1 Å². The van der Waals surface area contributed by atoms with Crippen molar-refractivity contribution in [2.45, 2.75) is 6.92 Å². The molecule has 0 fully saturated rings. The van der Waals surface area contributed by atoms with E-state index in [-0.39, 0.29) is 5.91 Å². The average Bonchev–Trinajstić information content (AvgIpc) is 3.22. The minimum Gasteiger partial charge on any atom is -0.494 e. The van der Waals surface area contributed by atoms with E-state index in [4.69, 9.17) is 4.74 Å². The SMILES string of the molecule is CCOc1cccc(C(=O)Nc2ccc3nn(-c4cccc5ccccc45)nc3c2)c1. The Morgan fingerprint density at radius 2 is 1.71 bits per heavy atom. The van der Waals surface area contributed by atoms with Gasteiger partial charge in [-0.3, -0.25) is 4.79 Å².